The van der Waals surface area contributed by atoms with Crippen molar-refractivity contribution in [1.29, 1.82) is 0 Å². The van der Waals surface area contributed by atoms with Gasteiger partial charge in [-0.3, -0.25) is 4.99 Å². The maximum Gasteiger partial charge on any atom is 0.191 e. The van der Waals surface area contributed by atoms with Crippen LogP contribution in [-0.2, 0) is 17.9 Å². The van der Waals surface area contributed by atoms with Gasteiger partial charge in [0.15, 0.2) is 11.7 Å². The number of hydrogen-bond acceptors (Lipinski definition) is 5. The van der Waals surface area contributed by atoms with E-state index in [-0.39, 0.29) is 0 Å². The molecule has 1 aromatic carbocycles. The van der Waals surface area contributed by atoms with Crippen molar-refractivity contribution < 1.29 is 14.0 Å². The highest BCUT2D eigenvalue weighted by molar-refractivity contribution is 5.79. The van der Waals surface area contributed by atoms with Gasteiger partial charge in [0.25, 0.3) is 0 Å². The van der Waals surface area contributed by atoms with Gasteiger partial charge >= 0.3 is 0 Å². The number of benzene rings is 1. The zero-order chi connectivity index (χ0) is 18.8. The lowest BCUT2D eigenvalue weighted by Crippen LogP contribution is -2.38. The third-order valence-corrected chi connectivity index (χ3v) is 3.81. The fourth-order valence-corrected chi connectivity index (χ4v) is 2.32. The Morgan fingerprint density at radius 3 is 2.77 bits per heavy atom. The molecule has 7 nitrogen and oxygen atoms in total. The molecule has 0 aliphatic heterocycles. The smallest absolute Gasteiger partial charge is 0.191 e. The van der Waals surface area contributed by atoms with E-state index in [4.69, 9.17) is 14.0 Å². The highest BCUT2D eigenvalue weighted by Crippen LogP contribution is 2.17. The number of nitrogens with one attached hydrogen (secondary N) is 2. The summed E-state index contributed by atoms with van der Waals surface area (Å²) in [7, 11) is 3.39. The summed E-state index contributed by atoms with van der Waals surface area (Å²) < 4.78 is 16.3. The van der Waals surface area contributed by atoms with Crippen LogP contribution in [0.1, 0.15) is 36.8 Å². The number of ether oxygens (including phenoxy) is 2. The predicted octanol–water partition coefficient (Wildman–Crippen LogP) is 2.69. The number of hydrogen-bond donors (Lipinski definition) is 2. The van der Waals surface area contributed by atoms with Gasteiger partial charge in [-0.25, -0.2) is 0 Å². The van der Waals surface area contributed by atoms with E-state index < -0.39 is 0 Å². The summed E-state index contributed by atoms with van der Waals surface area (Å²) in [5, 5.41) is 10.4. The molecule has 2 N–H and O–H groups in total. The number of aromatic nitrogens is 1. The van der Waals surface area contributed by atoms with Gasteiger partial charge in [0.2, 0.25) is 0 Å². The molecule has 0 saturated heterocycles. The third-order valence-electron chi connectivity index (χ3n) is 3.81. The van der Waals surface area contributed by atoms with Gasteiger partial charge < -0.3 is 24.6 Å². The van der Waals surface area contributed by atoms with Crippen molar-refractivity contribution in [3.63, 3.8) is 0 Å². The summed E-state index contributed by atoms with van der Waals surface area (Å²) >= 11 is 0. The maximum absolute atomic E-state index is 5.70. The van der Waals surface area contributed by atoms with Crippen molar-refractivity contribution in [2.24, 2.45) is 4.99 Å². The van der Waals surface area contributed by atoms with E-state index in [1.165, 1.54) is 0 Å². The first-order chi connectivity index (χ1) is 12.6. The van der Waals surface area contributed by atoms with Gasteiger partial charge in [0, 0.05) is 25.2 Å². The first-order valence-corrected chi connectivity index (χ1v) is 8.73. The van der Waals surface area contributed by atoms with E-state index in [1.807, 2.05) is 30.3 Å². The van der Waals surface area contributed by atoms with Crippen LogP contribution in [0.3, 0.4) is 0 Å². The van der Waals surface area contributed by atoms with Crippen molar-refractivity contribution in [3.8, 4) is 5.75 Å². The second-order valence-electron chi connectivity index (χ2n) is 6.09. The van der Waals surface area contributed by atoms with Crippen molar-refractivity contribution >= 4 is 5.96 Å². The average Bonchev–Trinajstić information content (AvgIpc) is 3.13. The quantitative estimate of drug-likeness (QED) is 0.407. The summed E-state index contributed by atoms with van der Waals surface area (Å²) in [5.74, 6) is 2.66. The Morgan fingerprint density at radius 1 is 1.27 bits per heavy atom. The van der Waals surface area contributed by atoms with Crippen LogP contribution in [0.2, 0.25) is 0 Å². The van der Waals surface area contributed by atoms with E-state index in [0.717, 1.165) is 22.8 Å². The minimum atomic E-state index is 0.352. The standard InChI is InChI=1S/C19H28N4O3/c1-14(2)17-11-16(26-23-17)12-22-19(20-3)21-9-10-25-13-15-7-5-6-8-18(15)24-4/h5-8,11,14H,9-10,12-13H2,1-4H3,(H2,20,21,22). The molecule has 0 amide bonds. The fourth-order valence-electron chi connectivity index (χ4n) is 2.32. The molecule has 0 bridgehead atoms. The number of para-hydroxylation sites is 1. The monoisotopic (exact) mass is 360 g/mol. The van der Waals surface area contributed by atoms with E-state index in [1.54, 1.807) is 14.2 Å². The molecule has 0 radical (unpaired) electrons. The Bertz CT molecular complexity index is 698. The van der Waals surface area contributed by atoms with Crippen molar-refractivity contribution in [2.75, 3.05) is 27.3 Å². The molecule has 0 aliphatic rings. The fraction of sp³-hybridized carbons (Fsp3) is 0.474. The summed E-state index contributed by atoms with van der Waals surface area (Å²) in [6.07, 6.45) is 0. The molecule has 26 heavy (non-hydrogen) atoms. The maximum atomic E-state index is 5.70. The molecule has 7 heteroatoms. The normalized spacial score (nSPS) is 11.7. The van der Waals surface area contributed by atoms with E-state index in [9.17, 15) is 0 Å². The van der Waals surface area contributed by atoms with E-state index in [0.29, 0.717) is 38.2 Å². The highest BCUT2D eigenvalue weighted by Gasteiger charge is 2.08. The first kappa shape index (κ1) is 19.8. The van der Waals surface area contributed by atoms with Gasteiger partial charge in [-0.15, -0.1) is 0 Å². The van der Waals surface area contributed by atoms with Gasteiger partial charge in [-0.2, -0.15) is 0 Å². The molecule has 0 atom stereocenters. The highest BCUT2D eigenvalue weighted by atomic mass is 16.5. The summed E-state index contributed by atoms with van der Waals surface area (Å²) in [5.41, 5.74) is 1.98. The molecule has 1 aromatic heterocycles. The number of guanidine groups is 1. The minimum absolute atomic E-state index is 0.352. The topological polar surface area (TPSA) is 80.9 Å². The molecule has 0 spiro atoms. The molecule has 0 saturated carbocycles. The largest absolute Gasteiger partial charge is 0.496 e. The Morgan fingerprint density at radius 2 is 2.08 bits per heavy atom. The third kappa shape index (κ3) is 6.07. The molecule has 2 aromatic rings. The summed E-state index contributed by atoms with van der Waals surface area (Å²) in [6.45, 7) is 6.40. The van der Waals surface area contributed by atoms with Crippen LogP contribution in [0.25, 0.3) is 0 Å². The Labute approximate surface area is 154 Å². The molecular formula is C19H28N4O3. The van der Waals surface area contributed by atoms with Crippen molar-refractivity contribution in [2.45, 2.75) is 32.9 Å². The van der Waals surface area contributed by atoms with Gasteiger partial charge in [-0.05, 0) is 12.0 Å². The van der Waals surface area contributed by atoms with Crippen LogP contribution in [0.15, 0.2) is 39.8 Å². The lowest BCUT2D eigenvalue weighted by atomic mass is 10.1. The predicted molar refractivity (Wildman–Crippen MR) is 101 cm³/mol. The first-order valence-electron chi connectivity index (χ1n) is 8.73. The van der Waals surface area contributed by atoms with E-state index >= 15 is 0 Å². The number of aliphatic imine (C=N–C) groups is 1. The van der Waals surface area contributed by atoms with Crippen molar-refractivity contribution in [1.82, 2.24) is 15.8 Å². The van der Waals surface area contributed by atoms with Crippen LogP contribution in [-0.4, -0.2) is 38.4 Å². The molecule has 1 heterocycles. The zero-order valence-electron chi connectivity index (χ0n) is 15.9. The molecule has 0 unspecified atom stereocenters. The van der Waals surface area contributed by atoms with Crippen molar-refractivity contribution in [3.05, 3.63) is 47.3 Å². The lowest BCUT2D eigenvalue weighted by Gasteiger charge is -2.12. The zero-order valence-corrected chi connectivity index (χ0v) is 15.9. The van der Waals surface area contributed by atoms with Crippen LogP contribution in [0.5, 0.6) is 5.75 Å². The van der Waals surface area contributed by atoms with Gasteiger partial charge in [0.1, 0.15) is 5.75 Å². The van der Waals surface area contributed by atoms with Crippen LogP contribution < -0.4 is 15.4 Å². The van der Waals surface area contributed by atoms with Gasteiger partial charge in [-0.1, -0.05) is 37.2 Å². The number of rotatable bonds is 9. The average molecular weight is 360 g/mol. The SMILES string of the molecule is CN=C(NCCOCc1ccccc1OC)NCc1cc(C(C)C)no1. The number of methoxy groups -OCH3 is 1. The van der Waals surface area contributed by atoms with Crippen LogP contribution in [0, 0.1) is 0 Å². The Hall–Kier alpha value is -2.54. The van der Waals surface area contributed by atoms with E-state index in [2.05, 4.69) is 34.6 Å². The summed E-state index contributed by atoms with van der Waals surface area (Å²) in [6, 6.07) is 9.80. The Balaban J connectivity index is 1.67. The molecule has 142 valence electrons. The number of nitrogens with zero attached hydrogens (tertiary/aromatic N) is 2. The Kier molecular flexibility index (Phi) is 7.95. The minimum Gasteiger partial charge on any atom is -0.496 e. The van der Waals surface area contributed by atoms with Crippen LogP contribution >= 0.6 is 0 Å². The molecular weight excluding hydrogens is 332 g/mol. The lowest BCUT2D eigenvalue weighted by molar-refractivity contribution is 0.123. The molecule has 0 fully saturated rings. The second-order valence-corrected chi connectivity index (χ2v) is 6.09. The molecule has 2 rings (SSSR count). The summed E-state index contributed by atoms with van der Waals surface area (Å²) in [4.78, 5) is 4.19. The molecule has 0 aliphatic carbocycles. The van der Waals surface area contributed by atoms with Crippen LogP contribution in [0.4, 0.5) is 0 Å². The van der Waals surface area contributed by atoms with Gasteiger partial charge in [0.05, 0.1) is 32.6 Å². The second kappa shape index (κ2) is 10.5.